The van der Waals surface area contributed by atoms with E-state index in [-0.39, 0.29) is 6.10 Å². The maximum Gasteiger partial charge on any atom is 0.508 e. The molecule has 0 N–H and O–H groups in total. The average Bonchev–Trinajstić information content (AvgIpc) is 2.18. The monoisotopic (exact) mass is 215 g/mol. The predicted octanol–water partition coefficient (Wildman–Crippen LogP) is 2.03. The van der Waals surface area contributed by atoms with Crippen molar-refractivity contribution in [2.45, 2.75) is 45.8 Å². The molecule has 15 heavy (non-hydrogen) atoms. The maximum atomic E-state index is 11.1. The number of hydrogen-bond donors (Lipinski definition) is 0. The smallest absolute Gasteiger partial charge is 0.435 e. The van der Waals surface area contributed by atoms with Gasteiger partial charge in [0.2, 0.25) is 0 Å². The van der Waals surface area contributed by atoms with Gasteiger partial charge in [-0.25, -0.2) is 4.79 Å². The van der Waals surface area contributed by atoms with Crippen molar-refractivity contribution in [2.75, 3.05) is 19.7 Å². The van der Waals surface area contributed by atoms with Crippen molar-refractivity contribution in [3.05, 3.63) is 0 Å². The number of hydrogen-bond acceptors (Lipinski definition) is 4. The molecule has 0 radical (unpaired) electrons. The van der Waals surface area contributed by atoms with Crippen molar-refractivity contribution in [3.8, 4) is 0 Å². The topological polar surface area (TPSA) is 38.8 Å². The number of rotatable bonds is 3. The van der Waals surface area contributed by atoms with Gasteiger partial charge in [0.15, 0.2) is 0 Å². The summed E-state index contributed by atoms with van der Waals surface area (Å²) in [5.41, 5.74) is 0. The summed E-state index contributed by atoms with van der Waals surface area (Å²) in [4.78, 5) is 13.5. The van der Waals surface area contributed by atoms with Crippen LogP contribution in [0.3, 0.4) is 0 Å². The molecule has 0 aromatic carbocycles. The summed E-state index contributed by atoms with van der Waals surface area (Å²) in [7, 11) is 0. The van der Waals surface area contributed by atoms with Crippen LogP contribution in [-0.4, -0.2) is 42.9 Å². The normalized spacial score (nSPS) is 19.2. The van der Waals surface area contributed by atoms with Crippen LogP contribution in [0, 0.1) is 0 Å². The fourth-order valence-corrected chi connectivity index (χ4v) is 1.80. The zero-order valence-corrected chi connectivity index (χ0v) is 9.86. The average molecular weight is 215 g/mol. The number of carbonyl (C=O) groups excluding carboxylic acids is 1. The number of likely N-dealkylation sites (tertiary alicyclic amines) is 1. The molecule has 4 heteroatoms. The van der Waals surface area contributed by atoms with E-state index in [9.17, 15) is 4.79 Å². The van der Waals surface area contributed by atoms with Gasteiger partial charge in [-0.1, -0.05) is 0 Å². The first kappa shape index (κ1) is 12.3. The van der Waals surface area contributed by atoms with Crippen LogP contribution in [0.25, 0.3) is 0 Å². The van der Waals surface area contributed by atoms with E-state index >= 15 is 0 Å². The van der Waals surface area contributed by atoms with Crippen molar-refractivity contribution in [1.29, 1.82) is 0 Å². The molecule has 0 unspecified atom stereocenters. The van der Waals surface area contributed by atoms with E-state index in [4.69, 9.17) is 9.47 Å². The molecule has 0 aliphatic carbocycles. The van der Waals surface area contributed by atoms with Gasteiger partial charge in [-0.05, 0) is 33.6 Å². The van der Waals surface area contributed by atoms with Crippen LogP contribution in [0.2, 0.25) is 0 Å². The minimum atomic E-state index is -0.527. The van der Waals surface area contributed by atoms with Gasteiger partial charge in [0.05, 0.1) is 6.61 Å². The lowest BCUT2D eigenvalue weighted by molar-refractivity contribution is -0.00185. The van der Waals surface area contributed by atoms with E-state index in [1.807, 2.05) is 0 Å². The molecule has 1 fully saturated rings. The second-order valence-electron chi connectivity index (χ2n) is 4.13. The molecule has 1 heterocycles. The highest BCUT2D eigenvalue weighted by Crippen LogP contribution is 2.16. The summed E-state index contributed by atoms with van der Waals surface area (Å²) in [5.74, 6) is 0. The zero-order chi connectivity index (χ0) is 11.3. The highest BCUT2D eigenvalue weighted by atomic mass is 16.7. The molecule has 0 amide bonds. The molecule has 0 atom stereocenters. The van der Waals surface area contributed by atoms with Crippen molar-refractivity contribution >= 4 is 6.16 Å². The van der Waals surface area contributed by atoms with Crippen LogP contribution in [-0.2, 0) is 9.47 Å². The number of ether oxygens (including phenoxy) is 2. The number of nitrogens with zero attached hydrogens (tertiary/aromatic N) is 1. The van der Waals surface area contributed by atoms with Gasteiger partial charge >= 0.3 is 6.16 Å². The molecule has 1 saturated heterocycles. The van der Waals surface area contributed by atoms with E-state index in [1.165, 1.54) is 0 Å². The van der Waals surface area contributed by atoms with Gasteiger partial charge < -0.3 is 14.4 Å². The first-order valence-corrected chi connectivity index (χ1v) is 5.71. The molecule has 1 rings (SSSR count). The fourth-order valence-electron chi connectivity index (χ4n) is 1.80. The zero-order valence-electron chi connectivity index (χ0n) is 9.86. The van der Waals surface area contributed by atoms with Crippen LogP contribution in [0.5, 0.6) is 0 Å². The Labute approximate surface area is 91.5 Å². The van der Waals surface area contributed by atoms with Gasteiger partial charge in [-0.15, -0.1) is 0 Å². The highest BCUT2D eigenvalue weighted by molar-refractivity contribution is 5.60. The molecule has 0 aromatic heterocycles. The Morgan fingerprint density at radius 2 is 2.00 bits per heavy atom. The SMILES string of the molecule is CCOC(=O)OC1CCN(C(C)C)CC1. The predicted molar refractivity (Wildman–Crippen MR) is 57.8 cm³/mol. The third kappa shape index (κ3) is 4.08. The van der Waals surface area contributed by atoms with Crippen LogP contribution < -0.4 is 0 Å². The van der Waals surface area contributed by atoms with Crippen LogP contribution in [0.4, 0.5) is 4.79 Å². The van der Waals surface area contributed by atoms with E-state index in [1.54, 1.807) is 6.92 Å². The van der Waals surface area contributed by atoms with E-state index in [2.05, 4.69) is 18.7 Å². The van der Waals surface area contributed by atoms with Crippen molar-refractivity contribution in [3.63, 3.8) is 0 Å². The van der Waals surface area contributed by atoms with Gasteiger partial charge in [-0.2, -0.15) is 0 Å². The molecule has 1 aliphatic heterocycles. The number of carbonyl (C=O) groups is 1. The summed E-state index contributed by atoms with van der Waals surface area (Å²) >= 11 is 0. The molecule has 4 nitrogen and oxygen atoms in total. The lowest BCUT2D eigenvalue weighted by Crippen LogP contribution is -2.41. The third-order valence-corrected chi connectivity index (χ3v) is 2.73. The Balaban J connectivity index is 2.22. The lowest BCUT2D eigenvalue weighted by Gasteiger charge is -2.33. The minimum absolute atomic E-state index is 0.0408. The second-order valence-corrected chi connectivity index (χ2v) is 4.13. The Morgan fingerprint density at radius 3 is 2.47 bits per heavy atom. The fraction of sp³-hybridized carbons (Fsp3) is 0.909. The van der Waals surface area contributed by atoms with Crippen LogP contribution in [0.1, 0.15) is 33.6 Å². The molecule has 1 aliphatic rings. The lowest BCUT2D eigenvalue weighted by atomic mass is 10.1. The molecule has 0 spiro atoms. The van der Waals surface area contributed by atoms with E-state index in [0.29, 0.717) is 12.6 Å². The molecule has 0 bridgehead atoms. The largest absolute Gasteiger partial charge is 0.508 e. The Kier molecular flexibility index (Phi) is 4.88. The molecular formula is C11H21NO3. The van der Waals surface area contributed by atoms with Gasteiger partial charge in [-0.3, -0.25) is 0 Å². The molecule has 0 aromatic rings. The van der Waals surface area contributed by atoms with Crippen molar-refractivity contribution in [2.24, 2.45) is 0 Å². The van der Waals surface area contributed by atoms with E-state index in [0.717, 1.165) is 25.9 Å². The molecular weight excluding hydrogens is 194 g/mol. The minimum Gasteiger partial charge on any atom is -0.435 e. The quantitative estimate of drug-likeness (QED) is 0.675. The van der Waals surface area contributed by atoms with Gasteiger partial charge in [0.1, 0.15) is 6.10 Å². The van der Waals surface area contributed by atoms with Crippen LogP contribution in [0.15, 0.2) is 0 Å². The Morgan fingerprint density at radius 1 is 1.40 bits per heavy atom. The maximum absolute atomic E-state index is 11.1. The van der Waals surface area contributed by atoms with E-state index < -0.39 is 6.16 Å². The highest BCUT2D eigenvalue weighted by Gasteiger charge is 2.23. The van der Waals surface area contributed by atoms with Crippen LogP contribution >= 0.6 is 0 Å². The Hall–Kier alpha value is -0.770. The summed E-state index contributed by atoms with van der Waals surface area (Å²) in [5, 5.41) is 0. The van der Waals surface area contributed by atoms with Crippen molar-refractivity contribution in [1.82, 2.24) is 4.90 Å². The van der Waals surface area contributed by atoms with Gasteiger partial charge in [0, 0.05) is 19.1 Å². The summed E-state index contributed by atoms with van der Waals surface area (Å²) < 4.78 is 9.92. The summed E-state index contributed by atoms with van der Waals surface area (Å²) in [6.45, 7) is 8.54. The third-order valence-electron chi connectivity index (χ3n) is 2.73. The standard InChI is InChI=1S/C11H21NO3/c1-4-14-11(13)15-10-5-7-12(8-6-10)9(2)3/h9-10H,4-8H2,1-3H3. The Bertz CT molecular complexity index is 198. The summed E-state index contributed by atoms with van der Waals surface area (Å²) in [6, 6.07) is 0.577. The number of piperidine rings is 1. The van der Waals surface area contributed by atoms with Crippen molar-refractivity contribution < 1.29 is 14.3 Å². The molecule has 0 saturated carbocycles. The molecule has 88 valence electrons. The first-order chi connectivity index (χ1) is 7.13. The second kappa shape index (κ2) is 5.95. The van der Waals surface area contributed by atoms with Gasteiger partial charge in [0.25, 0.3) is 0 Å². The summed E-state index contributed by atoms with van der Waals surface area (Å²) in [6.07, 6.45) is 1.34. The first-order valence-electron chi connectivity index (χ1n) is 5.71.